The van der Waals surface area contributed by atoms with Gasteiger partial charge in [-0.2, -0.15) is 0 Å². The molecule has 2 aromatic carbocycles. The molecule has 206 valence electrons. The van der Waals surface area contributed by atoms with E-state index in [1.54, 1.807) is 0 Å². The van der Waals surface area contributed by atoms with Crippen molar-refractivity contribution in [1.82, 2.24) is 10.2 Å². The van der Waals surface area contributed by atoms with Gasteiger partial charge in [0.15, 0.2) is 5.79 Å². The highest BCUT2D eigenvalue weighted by Gasteiger charge is 2.40. The Bertz CT molecular complexity index is 1060. The summed E-state index contributed by atoms with van der Waals surface area (Å²) in [5.41, 5.74) is 4.60. The molecule has 0 bridgehead atoms. The minimum atomic E-state index is -0.833. The van der Waals surface area contributed by atoms with E-state index in [9.17, 15) is 10.2 Å². The first kappa shape index (κ1) is 28.7. The van der Waals surface area contributed by atoms with E-state index in [1.165, 1.54) is 16.7 Å². The number of aryl methyl sites for hydroxylation is 1. The first-order chi connectivity index (χ1) is 18.5. The summed E-state index contributed by atoms with van der Waals surface area (Å²) >= 11 is 0. The molecule has 6 heteroatoms. The number of β-amino-alcohol motifs (C(OH)–C–C–N with tert-alkyl or cyclic N) is 1. The Morgan fingerprint density at radius 3 is 2.53 bits per heavy atom. The first-order valence-electron chi connectivity index (χ1n) is 14.1. The van der Waals surface area contributed by atoms with E-state index in [4.69, 9.17) is 9.47 Å². The second-order valence-electron chi connectivity index (χ2n) is 10.5. The quantitative estimate of drug-likeness (QED) is 0.252. The summed E-state index contributed by atoms with van der Waals surface area (Å²) in [6, 6.07) is 18.2. The smallest absolute Gasteiger partial charge is 0.194 e. The highest BCUT2D eigenvalue weighted by Crippen LogP contribution is 2.40. The summed E-state index contributed by atoms with van der Waals surface area (Å²) < 4.78 is 13.1. The van der Waals surface area contributed by atoms with E-state index in [-0.39, 0.29) is 12.0 Å². The number of benzene rings is 2. The third-order valence-electron chi connectivity index (χ3n) is 7.67. The molecule has 1 heterocycles. The highest BCUT2D eigenvalue weighted by atomic mass is 16.7. The van der Waals surface area contributed by atoms with Gasteiger partial charge in [-0.1, -0.05) is 73.7 Å². The molecule has 4 atom stereocenters. The zero-order valence-electron chi connectivity index (χ0n) is 22.9. The molecule has 0 amide bonds. The molecule has 6 nitrogen and oxygen atoms in total. The number of nitrogens with zero attached hydrogens (tertiary/aromatic N) is 1. The average Bonchev–Trinajstić information content (AvgIpc) is 3.35. The van der Waals surface area contributed by atoms with E-state index in [1.807, 2.05) is 30.3 Å². The van der Waals surface area contributed by atoms with Crippen LogP contribution in [0.3, 0.4) is 0 Å². The maximum absolute atomic E-state index is 10.4. The molecular weight excluding hydrogens is 476 g/mol. The van der Waals surface area contributed by atoms with Gasteiger partial charge in [0.05, 0.1) is 25.4 Å². The van der Waals surface area contributed by atoms with Crippen LogP contribution in [0.2, 0.25) is 0 Å². The van der Waals surface area contributed by atoms with Crippen LogP contribution in [-0.2, 0) is 9.47 Å². The molecule has 38 heavy (non-hydrogen) atoms. The van der Waals surface area contributed by atoms with Crippen LogP contribution >= 0.6 is 0 Å². The lowest BCUT2D eigenvalue weighted by molar-refractivity contribution is -0.223. The van der Waals surface area contributed by atoms with Crippen LogP contribution in [-0.4, -0.2) is 72.9 Å². The molecular formula is C32H44N2O4. The van der Waals surface area contributed by atoms with Crippen molar-refractivity contribution in [3.63, 3.8) is 0 Å². The normalized spacial score (nSPS) is 24.5. The number of ether oxygens (including phenoxy) is 2. The summed E-state index contributed by atoms with van der Waals surface area (Å²) in [5, 5.41) is 23.5. The largest absolute Gasteiger partial charge is 0.392 e. The van der Waals surface area contributed by atoms with E-state index >= 15 is 0 Å². The van der Waals surface area contributed by atoms with Crippen LogP contribution in [0.25, 0.3) is 5.57 Å². The van der Waals surface area contributed by atoms with Gasteiger partial charge in [-0.05, 0) is 61.1 Å². The minimum absolute atomic E-state index is 0.0232. The number of nitrogens with one attached hydrogen (secondary N) is 1. The predicted octanol–water partition coefficient (Wildman–Crippen LogP) is 4.48. The molecule has 2 aliphatic rings. The van der Waals surface area contributed by atoms with Gasteiger partial charge in [0.2, 0.25) is 0 Å². The molecule has 4 rings (SSSR count). The lowest BCUT2D eigenvalue weighted by Crippen LogP contribution is -2.43. The molecule has 1 aliphatic carbocycles. The van der Waals surface area contributed by atoms with Gasteiger partial charge in [-0.25, -0.2) is 0 Å². The Kier molecular flexibility index (Phi) is 10.7. The Balaban J connectivity index is 1.32. The van der Waals surface area contributed by atoms with Crippen LogP contribution in [0.15, 0.2) is 72.8 Å². The minimum Gasteiger partial charge on any atom is -0.392 e. The Morgan fingerprint density at radius 2 is 1.79 bits per heavy atom. The van der Waals surface area contributed by atoms with Crippen LogP contribution in [0.5, 0.6) is 0 Å². The summed E-state index contributed by atoms with van der Waals surface area (Å²) in [7, 11) is 0. The predicted molar refractivity (Wildman–Crippen MR) is 153 cm³/mol. The number of hydrogen-bond donors (Lipinski definition) is 3. The van der Waals surface area contributed by atoms with Crippen molar-refractivity contribution < 1.29 is 19.7 Å². The summed E-state index contributed by atoms with van der Waals surface area (Å²) in [4.78, 5) is 2.30. The maximum atomic E-state index is 10.4. The van der Waals surface area contributed by atoms with Gasteiger partial charge in [-0.15, -0.1) is 0 Å². The highest BCUT2D eigenvalue weighted by molar-refractivity contribution is 5.73. The standard InChI is InChI=1S/C32H44N2O4/c1-25-11-6-7-14-29(25)30-15-8-17-32(26(30)2,38-22-10-19-34-20-16-28(35)24-34)37-21-9-18-33-23-31(36)27-12-4-3-5-13-27/h3-8,11-15,17,26,28,31,33,35-36H,9-10,16,18-24H2,1-2H3/t26?,28-,31?,32?/m1/s1. The van der Waals surface area contributed by atoms with E-state index < -0.39 is 11.9 Å². The zero-order chi connectivity index (χ0) is 26.8. The van der Waals surface area contributed by atoms with Gasteiger partial charge >= 0.3 is 0 Å². The summed E-state index contributed by atoms with van der Waals surface area (Å²) in [5.74, 6) is -0.810. The van der Waals surface area contributed by atoms with Crippen molar-refractivity contribution in [2.75, 3.05) is 45.9 Å². The van der Waals surface area contributed by atoms with Crippen molar-refractivity contribution in [2.45, 2.75) is 51.1 Å². The fourth-order valence-electron chi connectivity index (χ4n) is 5.39. The fraction of sp³-hybridized carbons (Fsp3) is 0.500. The fourth-order valence-corrected chi connectivity index (χ4v) is 5.39. The molecule has 0 radical (unpaired) electrons. The van der Waals surface area contributed by atoms with E-state index in [0.29, 0.717) is 19.8 Å². The van der Waals surface area contributed by atoms with Gasteiger partial charge in [-0.3, -0.25) is 0 Å². The summed E-state index contributed by atoms with van der Waals surface area (Å²) in [6.45, 7) is 9.34. The number of aliphatic hydroxyl groups is 2. The molecule has 0 spiro atoms. The second kappa shape index (κ2) is 14.2. The van der Waals surface area contributed by atoms with Crippen molar-refractivity contribution in [3.8, 4) is 0 Å². The monoisotopic (exact) mass is 520 g/mol. The van der Waals surface area contributed by atoms with Gasteiger partial charge < -0.3 is 29.9 Å². The van der Waals surface area contributed by atoms with E-state index in [2.05, 4.69) is 66.6 Å². The number of rotatable bonds is 14. The molecule has 3 unspecified atom stereocenters. The zero-order valence-corrected chi connectivity index (χ0v) is 22.9. The first-order valence-corrected chi connectivity index (χ1v) is 14.1. The molecule has 2 aromatic rings. The van der Waals surface area contributed by atoms with Crippen LogP contribution in [0.4, 0.5) is 0 Å². The van der Waals surface area contributed by atoms with Crippen molar-refractivity contribution in [3.05, 3.63) is 89.5 Å². The lowest BCUT2D eigenvalue weighted by atomic mass is 9.82. The summed E-state index contributed by atoms with van der Waals surface area (Å²) in [6.07, 6.45) is 8.13. The van der Waals surface area contributed by atoms with Gasteiger partial charge in [0.25, 0.3) is 0 Å². The van der Waals surface area contributed by atoms with Crippen LogP contribution in [0.1, 0.15) is 49.0 Å². The molecule has 3 N–H and O–H groups in total. The van der Waals surface area contributed by atoms with Crippen molar-refractivity contribution >= 4 is 5.57 Å². The number of hydrogen-bond acceptors (Lipinski definition) is 6. The Labute approximate surface area is 228 Å². The molecule has 1 saturated heterocycles. The van der Waals surface area contributed by atoms with Crippen LogP contribution < -0.4 is 5.32 Å². The molecule has 0 saturated carbocycles. The van der Waals surface area contributed by atoms with Crippen molar-refractivity contribution in [1.29, 1.82) is 0 Å². The maximum Gasteiger partial charge on any atom is 0.194 e. The topological polar surface area (TPSA) is 74.2 Å². The number of allylic oxidation sites excluding steroid dienone is 2. The van der Waals surface area contributed by atoms with Crippen LogP contribution in [0, 0.1) is 12.8 Å². The Hall–Kier alpha value is -2.32. The Morgan fingerprint density at radius 1 is 1.05 bits per heavy atom. The number of likely N-dealkylation sites (tertiary alicyclic amines) is 1. The number of aliphatic hydroxyl groups excluding tert-OH is 2. The third-order valence-corrected chi connectivity index (χ3v) is 7.67. The SMILES string of the molecule is Cc1ccccc1C1=CC=CC(OCCCNCC(O)c2ccccc2)(OCCCN2CC[C@@H](O)C2)C1C. The molecule has 1 aliphatic heterocycles. The lowest BCUT2D eigenvalue weighted by Gasteiger charge is -2.40. The molecule has 1 fully saturated rings. The van der Waals surface area contributed by atoms with Gasteiger partial charge in [0, 0.05) is 32.1 Å². The van der Waals surface area contributed by atoms with Gasteiger partial charge in [0.1, 0.15) is 0 Å². The average molecular weight is 521 g/mol. The van der Waals surface area contributed by atoms with E-state index in [0.717, 1.165) is 51.0 Å². The molecule has 0 aromatic heterocycles. The van der Waals surface area contributed by atoms with Crippen molar-refractivity contribution in [2.24, 2.45) is 5.92 Å². The second-order valence-corrected chi connectivity index (χ2v) is 10.5. The third kappa shape index (κ3) is 7.63.